The molecule has 2 aromatic rings. The highest BCUT2D eigenvalue weighted by Crippen LogP contribution is 2.54. The molecular formula is C19H22ClNO. The number of phenolic OH excluding ortho intramolecular Hbond substituents is 1. The van der Waals surface area contributed by atoms with Crippen LogP contribution >= 0.6 is 11.6 Å². The third-order valence-electron chi connectivity index (χ3n) is 5.50. The summed E-state index contributed by atoms with van der Waals surface area (Å²) in [5.41, 5.74) is 5.27. The number of alkyl halides is 1. The summed E-state index contributed by atoms with van der Waals surface area (Å²) in [6.45, 7) is 7.59. The van der Waals surface area contributed by atoms with Crippen molar-refractivity contribution >= 4 is 28.1 Å². The summed E-state index contributed by atoms with van der Waals surface area (Å²) < 4.78 is 0. The number of halogens is 1. The first-order chi connectivity index (χ1) is 10.4. The zero-order valence-corrected chi connectivity index (χ0v) is 14.1. The molecule has 0 saturated heterocycles. The number of phenols is 1. The molecule has 0 amide bonds. The van der Waals surface area contributed by atoms with E-state index >= 15 is 0 Å². The normalized spacial score (nSPS) is 23.2. The van der Waals surface area contributed by atoms with Gasteiger partial charge in [-0.05, 0) is 65.5 Å². The Bertz CT molecular complexity index is 779. The lowest BCUT2D eigenvalue weighted by atomic mass is 9.84. The van der Waals surface area contributed by atoms with E-state index in [0.717, 1.165) is 24.8 Å². The van der Waals surface area contributed by atoms with E-state index in [4.69, 9.17) is 11.6 Å². The highest BCUT2D eigenvalue weighted by molar-refractivity contribution is 6.21. The van der Waals surface area contributed by atoms with E-state index in [9.17, 15) is 5.11 Å². The smallest absolute Gasteiger partial charge is 0.123 e. The maximum atomic E-state index is 10.6. The van der Waals surface area contributed by atoms with Crippen LogP contribution in [0.15, 0.2) is 18.2 Å². The molecule has 2 aliphatic rings. The Morgan fingerprint density at radius 3 is 2.86 bits per heavy atom. The Balaban J connectivity index is 2.15. The van der Waals surface area contributed by atoms with Crippen molar-refractivity contribution in [1.82, 2.24) is 0 Å². The standard InChI is InChI=1S/C19H22ClNO/c1-10(20)13-9-19(2,3)14-8-16(22)12-4-5-15-11(6-7-21-15)17(12)18(13)14/h4-5,8,10,13,21-22H,6-7,9H2,1-3H3. The van der Waals surface area contributed by atoms with Gasteiger partial charge in [0.25, 0.3) is 0 Å². The van der Waals surface area contributed by atoms with Crippen LogP contribution in [0.4, 0.5) is 5.69 Å². The maximum Gasteiger partial charge on any atom is 0.123 e. The topological polar surface area (TPSA) is 32.3 Å². The zero-order valence-electron chi connectivity index (χ0n) is 13.3. The Kier molecular flexibility index (Phi) is 2.93. The molecule has 1 aliphatic carbocycles. The second-order valence-electron chi connectivity index (χ2n) is 7.42. The molecule has 22 heavy (non-hydrogen) atoms. The SMILES string of the molecule is CC(Cl)C1CC(C)(C)c2cc(O)c3ccc4c(c3c21)CCN4. The highest BCUT2D eigenvalue weighted by atomic mass is 35.5. The number of nitrogens with one attached hydrogen (secondary N) is 1. The van der Waals surface area contributed by atoms with Gasteiger partial charge in [0.15, 0.2) is 0 Å². The molecule has 4 rings (SSSR count). The van der Waals surface area contributed by atoms with Crippen molar-refractivity contribution in [3.63, 3.8) is 0 Å². The molecule has 0 saturated carbocycles. The van der Waals surface area contributed by atoms with Gasteiger partial charge in [-0.15, -0.1) is 11.6 Å². The second kappa shape index (κ2) is 4.55. The van der Waals surface area contributed by atoms with Crippen molar-refractivity contribution in [2.75, 3.05) is 11.9 Å². The molecule has 0 radical (unpaired) electrons. The van der Waals surface area contributed by atoms with Crippen LogP contribution in [0.5, 0.6) is 5.75 Å². The van der Waals surface area contributed by atoms with E-state index in [1.54, 1.807) is 0 Å². The van der Waals surface area contributed by atoms with Gasteiger partial charge >= 0.3 is 0 Å². The lowest BCUT2D eigenvalue weighted by Gasteiger charge is -2.20. The van der Waals surface area contributed by atoms with E-state index in [1.807, 2.05) is 12.1 Å². The summed E-state index contributed by atoms with van der Waals surface area (Å²) in [5.74, 6) is 0.751. The molecule has 0 spiro atoms. The minimum Gasteiger partial charge on any atom is -0.507 e. The molecule has 2 nitrogen and oxygen atoms in total. The van der Waals surface area contributed by atoms with Crippen LogP contribution in [-0.4, -0.2) is 17.0 Å². The van der Waals surface area contributed by atoms with Crippen LogP contribution in [-0.2, 0) is 11.8 Å². The van der Waals surface area contributed by atoms with Crippen molar-refractivity contribution in [3.05, 3.63) is 34.9 Å². The summed E-state index contributed by atoms with van der Waals surface area (Å²) in [6, 6.07) is 6.12. The zero-order chi connectivity index (χ0) is 15.6. The Labute approximate surface area is 136 Å². The van der Waals surface area contributed by atoms with Gasteiger partial charge in [-0.3, -0.25) is 0 Å². The van der Waals surface area contributed by atoms with E-state index in [2.05, 4.69) is 32.2 Å². The minimum atomic E-state index is 0.0591. The molecule has 1 heterocycles. The van der Waals surface area contributed by atoms with Gasteiger partial charge in [0, 0.05) is 28.9 Å². The van der Waals surface area contributed by atoms with Gasteiger partial charge in [-0.1, -0.05) is 13.8 Å². The van der Waals surface area contributed by atoms with E-state index < -0.39 is 0 Å². The second-order valence-corrected chi connectivity index (χ2v) is 8.11. The fourth-order valence-corrected chi connectivity index (χ4v) is 4.66. The number of rotatable bonds is 1. The maximum absolute atomic E-state index is 10.6. The Hall–Kier alpha value is -1.41. The van der Waals surface area contributed by atoms with E-state index in [1.165, 1.54) is 27.8 Å². The first-order valence-corrected chi connectivity index (χ1v) is 8.53. The van der Waals surface area contributed by atoms with E-state index in [0.29, 0.717) is 11.7 Å². The number of benzene rings is 2. The Morgan fingerprint density at radius 1 is 1.36 bits per heavy atom. The summed E-state index contributed by atoms with van der Waals surface area (Å²) in [4.78, 5) is 0. The number of hydrogen-bond acceptors (Lipinski definition) is 2. The number of anilines is 1. The van der Waals surface area contributed by atoms with Crippen LogP contribution in [0.2, 0.25) is 0 Å². The van der Waals surface area contributed by atoms with Crippen molar-refractivity contribution in [1.29, 1.82) is 0 Å². The summed E-state index contributed by atoms with van der Waals surface area (Å²) in [5, 5.41) is 16.3. The predicted octanol–water partition coefficient (Wildman–Crippen LogP) is 4.91. The lowest BCUT2D eigenvalue weighted by molar-refractivity contribution is 0.462. The largest absolute Gasteiger partial charge is 0.507 e. The quantitative estimate of drug-likeness (QED) is 0.733. The van der Waals surface area contributed by atoms with Crippen LogP contribution < -0.4 is 5.32 Å². The van der Waals surface area contributed by atoms with Crippen LogP contribution in [0.1, 0.15) is 49.8 Å². The molecular weight excluding hydrogens is 294 g/mol. The van der Waals surface area contributed by atoms with Crippen LogP contribution in [0, 0.1) is 0 Å². The third kappa shape index (κ3) is 1.80. The van der Waals surface area contributed by atoms with Gasteiger partial charge in [-0.2, -0.15) is 0 Å². The average Bonchev–Trinajstić information content (AvgIpc) is 3.02. The van der Waals surface area contributed by atoms with Gasteiger partial charge in [0.05, 0.1) is 0 Å². The predicted molar refractivity (Wildman–Crippen MR) is 93.5 cm³/mol. The molecule has 2 aromatic carbocycles. The third-order valence-corrected chi connectivity index (χ3v) is 5.81. The number of fused-ring (bicyclic) bond motifs is 5. The minimum absolute atomic E-state index is 0.0591. The molecule has 3 heteroatoms. The molecule has 2 atom stereocenters. The molecule has 116 valence electrons. The van der Waals surface area contributed by atoms with Crippen LogP contribution in [0.3, 0.4) is 0 Å². The number of aromatic hydroxyl groups is 1. The first kappa shape index (κ1) is 14.2. The van der Waals surface area contributed by atoms with Gasteiger partial charge in [0.2, 0.25) is 0 Å². The molecule has 1 aliphatic heterocycles. The fraction of sp³-hybridized carbons (Fsp3) is 0.474. The fourth-order valence-electron chi connectivity index (χ4n) is 4.44. The average molecular weight is 316 g/mol. The molecule has 2 N–H and O–H groups in total. The summed E-state index contributed by atoms with van der Waals surface area (Å²) >= 11 is 6.55. The monoisotopic (exact) mass is 315 g/mol. The van der Waals surface area contributed by atoms with E-state index in [-0.39, 0.29) is 10.8 Å². The molecule has 0 fully saturated rings. The molecule has 2 unspecified atom stereocenters. The molecule has 0 bridgehead atoms. The van der Waals surface area contributed by atoms with Gasteiger partial charge in [0.1, 0.15) is 5.75 Å². The van der Waals surface area contributed by atoms with Crippen molar-refractivity contribution in [2.45, 2.75) is 50.3 Å². The summed E-state index contributed by atoms with van der Waals surface area (Å²) in [7, 11) is 0. The van der Waals surface area contributed by atoms with Gasteiger partial charge in [-0.25, -0.2) is 0 Å². The Morgan fingerprint density at radius 2 is 2.14 bits per heavy atom. The lowest BCUT2D eigenvalue weighted by Crippen LogP contribution is -2.14. The van der Waals surface area contributed by atoms with Crippen molar-refractivity contribution < 1.29 is 5.11 Å². The van der Waals surface area contributed by atoms with Crippen molar-refractivity contribution in [3.8, 4) is 5.75 Å². The van der Waals surface area contributed by atoms with Gasteiger partial charge < -0.3 is 10.4 Å². The van der Waals surface area contributed by atoms with Crippen LogP contribution in [0.25, 0.3) is 10.8 Å². The highest BCUT2D eigenvalue weighted by Gasteiger charge is 2.41. The van der Waals surface area contributed by atoms with Crippen molar-refractivity contribution in [2.24, 2.45) is 0 Å². The first-order valence-electron chi connectivity index (χ1n) is 8.10. The number of hydrogen-bond donors (Lipinski definition) is 2. The molecule has 0 aromatic heterocycles. The summed E-state index contributed by atoms with van der Waals surface area (Å²) in [6.07, 6.45) is 2.06.